The molecule has 1 aromatic heterocycles. The van der Waals surface area contributed by atoms with Crippen LogP contribution < -0.4 is 15.2 Å². The monoisotopic (exact) mass is 389 g/mol. The van der Waals surface area contributed by atoms with E-state index in [-0.39, 0.29) is 11.9 Å². The number of ether oxygens (including phenoxy) is 2. The standard InChI is InChI=1S/C20H27N3O3S/c1-13(21)14-6-8-23(9-7-14)19(24)11-16-12-27-20(22-16)15-4-5-17(25-2)18(10-15)26-3/h4-5,10,12-14H,6-9,11,21H2,1-3H3. The molecule has 27 heavy (non-hydrogen) atoms. The third kappa shape index (κ3) is 4.59. The maximum atomic E-state index is 12.6. The number of carbonyl (C=O) groups is 1. The molecule has 7 heteroatoms. The Morgan fingerprint density at radius 2 is 2.00 bits per heavy atom. The number of likely N-dealkylation sites (tertiary alicyclic amines) is 1. The predicted octanol–water partition coefficient (Wildman–Crippen LogP) is 2.96. The summed E-state index contributed by atoms with van der Waals surface area (Å²) in [6, 6.07) is 5.92. The van der Waals surface area contributed by atoms with Crippen molar-refractivity contribution in [2.45, 2.75) is 32.2 Å². The van der Waals surface area contributed by atoms with Crippen LogP contribution in [0, 0.1) is 5.92 Å². The molecule has 0 bridgehead atoms. The molecular weight excluding hydrogens is 362 g/mol. The number of methoxy groups -OCH3 is 2. The lowest BCUT2D eigenvalue weighted by Gasteiger charge is -2.33. The van der Waals surface area contributed by atoms with Crippen molar-refractivity contribution >= 4 is 17.2 Å². The molecule has 1 amide bonds. The van der Waals surface area contributed by atoms with Gasteiger partial charge in [-0.15, -0.1) is 11.3 Å². The van der Waals surface area contributed by atoms with Gasteiger partial charge in [-0.2, -0.15) is 0 Å². The highest BCUT2D eigenvalue weighted by Crippen LogP contribution is 2.33. The number of thiazole rings is 1. The summed E-state index contributed by atoms with van der Waals surface area (Å²) in [4.78, 5) is 19.2. The number of aromatic nitrogens is 1. The molecule has 1 aromatic carbocycles. The van der Waals surface area contributed by atoms with Gasteiger partial charge in [-0.25, -0.2) is 4.98 Å². The Hall–Kier alpha value is -2.12. The minimum Gasteiger partial charge on any atom is -0.493 e. The zero-order chi connectivity index (χ0) is 19.4. The van der Waals surface area contributed by atoms with E-state index >= 15 is 0 Å². The molecule has 6 nitrogen and oxygen atoms in total. The van der Waals surface area contributed by atoms with Crippen LogP contribution in [-0.4, -0.2) is 49.1 Å². The fourth-order valence-electron chi connectivity index (χ4n) is 3.43. The number of benzene rings is 1. The first-order valence-electron chi connectivity index (χ1n) is 9.22. The van der Waals surface area contributed by atoms with Crippen molar-refractivity contribution in [3.8, 4) is 22.1 Å². The summed E-state index contributed by atoms with van der Waals surface area (Å²) in [5.74, 6) is 2.01. The number of nitrogens with two attached hydrogens (primary N) is 1. The van der Waals surface area contributed by atoms with Crippen molar-refractivity contribution < 1.29 is 14.3 Å². The predicted molar refractivity (Wildman–Crippen MR) is 107 cm³/mol. The first-order chi connectivity index (χ1) is 13.0. The van der Waals surface area contributed by atoms with Crippen molar-refractivity contribution in [2.75, 3.05) is 27.3 Å². The number of nitrogens with zero attached hydrogens (tertiary/aromatic N) is 2. The topological polar surface area (TPSA) is 77.7 Å². The molecule has 1 aliphatic rings. The highest BCUT2D eigenvalue weighted by Gasteiger charge is 2.25. The smallest absolute Gasteiger partial charge is 0.228 e. The van der Waals surface area contributed by atoms with Gasteiger partial charge < -0.3 is 20.1 Å². The second-order valence-corrected chi connectivity index (χ2v) is 7.83. The van der Waals surface area contributed by atoms with Gasteiger partial charge in [0.1, 0.15) is 5.01 Å². The zero-order valence-electron chi connectivity index (χ0n) is 16.1. The molecule has 0 saturated carbocycles. The Labute approximate surface area is 164 Å². The van der Waals surface area contributed by atoms with E-state index in [1.807, 2.05) is 35.4 Å². The molecule has 1 atom stereocenters. The Morgan fingerprint density at radius 1 is 1.30 bits per heavy atom. The second kappa shape index (κ2) is 8.71. The first kappa shape index (κ1) is 19.6. The zero-order valence-corrected chi connectivity index (χ0v) is 16.9. The third-order valence-electron chi connectivity index (χ3n) is 5.15. The maximum Gasteiger partial charge on any atom is 0.228 e. The molecule has 1 aliphatic heterocycles. The normalized spacial score (nSPS) is 16.2. The minimum atomic E-state index is 0.141. The van der Waals surface area contributed by atoms with E-state index in [1.54, 1.807) is 14.2 Å². The van der Waals surface area contributed by atoms with Crippen LogP contribution in [0.4, 0.5) is 0 Å². The van der Waals surface area contributed by atoms with Gasteiger partial charge in [-0.3, -0.25) is 4.79 Å². The second-order valence-electron chi connectivity index (χ2n) is 6.97. The lowest BCUT2D eigenvalue weighted by atomic mass is 9.91. The van der Waals surface area contributed by atoms with Crippen molar-refractivity contribution in [2.24, 2.45) is 11.7 Å². The van der Waals surface area contributed by atoms with Crippen LogP contribution in [0.15, 0.2) is 23.6 Å². The van der Waals surface area contributed by atoms with Crippen molar-refractivity contribution in [3.63, 3.8) is 0 Å². The van der Waals surface area contributed by atoms with Crippen LogP contribution in [0.2, 0.25) is 0 Å². The van der Waals surface area contributed by atoms with Crippen LogP contribution in [-0.2, 0) is 11.2 Å². The van der Waals surface area contributed by atoms with Gasteiger partial charge in [0.15, 0.2) is 11.5 Å². The molecule has 2 aromatic rings. The lowest BCUT2D eigenvalue weighted by Crippen LogP contribution is -2.43. The Kier molecular flexibility index (Phi) is 6.34. The van der Waals surface area contributed by atoms with Crippen LogP contribution in [0.25, 0.3) is 10.6 Å². The largest absolute Gasteiger partial charge is 0.493 e. The van der Waals surface area contributed by atoms with Gasteiger partial charge in [0.05, 0.1) is 26.3 Å². The summed E-state index contributed by atoms with van der Waals surface area (Å²) < 4.78 is 10.6. The highest BCUT2D eigenvalue weighted by molar-refractivity contribution is 7.13. The molecule has 2 heterocycles. The summed E-state index contributed by atoms with van der Waals surface area (Å²) in [5.41, 5.74) is 7.74. The molecule has 3 rings (SSSR count). The maximum absolute atomic E-state index is 12.6. The van der Waals surface area contributed by atoms with Gasteiger partial charge in [0.2, 0.25) is 5.91 Å². The van der Waals surface area contributed by atoms with Crippen molar-refractivity contribution in [3.05, 3.63) is 29.3 Å². The van der Waals surface area contributed by atoms with E-state index in [9.17, 15) is 4.79 Å². The highest BCUT2D eigenvalue weighted by atomic mass is 32.1. The number of rotatable bonds is 6. The molecule has 146 valence electrons. The number of amides is 1. The molecule has 1 saturated heterocycles. The van der Waals surface area contributed by atoms with Gasteiger partial charge >= 0.3 is 0 Å². The summed E-state index contributed by atoms with van der Waals surface area (Å²) in [5, 5.41) is 2.83. The minimum absolute atomic E-state index is 0.141. The van der Waals surface area contributed by atoms with E-state index in [0.717, 1.165) is 42.2 Å². The summed E-state index contributed by atoms with van der Waals surface area (Å²) >= 11 is 1.53. The number of carbonyl (C=O) groups excluding carboxylic acids is 1. The fraction of sp³-hybridized carbons (Fsp3) is 0.500. The SMILES string of the molecule is COc1ccc(-c2nc(CC(=O)N3CCC(C(C)N)CC3)cs2)cc1OC. The Bertz CT molecular complexity index is 783. The average Bonchev–Trinajstić information content (AvgIpc) is 3.15. The fourth-order valence-corrected chi connectivity index (χ4v) is 4.25. The molecule has 1 fully saturated rings. The lowest BCUT2D eigenvalue weighted by molar-refractivity contribution is -0.132. The van der Waals surface area contributed by atoms with Gasteiger partial charge in [0.25, 0.3) is 0 Å². The molecule has 2 N–H and O–H groups in total. The Morgan fingerprint density at radius 3 is 2.63 bits per heavy atom. The van der Waals surface area contributed by atoms with Gasteiger partial charge in [-0.05, 0) is 43.9 Å². The summed E-state index contributed by atoms with van der Waals surface area (Å²) in [6.07, 6.45) is 2.31. The molecular formula is C20H27N3O3S. The van der Waals surface area contributed by atoms with E-state index in [4.69, 9.17) is 15.2 Å². The molecule has 1 unspecified atom stereocenters. The number of piperidine rings is 1. The van der Waals surface area contributed by atoms with Crippen LogP contribution in [0.3, 0.4) is 0 Å². The van der Waals surface area contributed by atoms with Gasteiger partial charge in [0, 0.05) is 30.1 Å². The van der Waals surface area contributed by atoms with Crippen LogP contribution in [0.5, 0.6) is 11.5 Å². The van der Waals surface area contributed by atoms with E-state index in [1.165, 1.54) is 11.3 Å². The first-order valence-corrected chi connectivity index (χ1v) is 10.1. The Balaban J connectivity index is 1.64. The van der Waals surface area contributed by atoms with E-state index < -0.39 is 0 Å². The van der Waals surface area contributed by atoms with Crippen LogP contribution >= 0.6 is 11.3 Å². The third-order valence-corrected chi connectivity index (χ3v) is 6.09. The average molecular weight is 390 g/mol. The quantitative estimate of drug-likeness (QED) is 0.822. The number of hydrogen-bond donors (Lipinski definition) is 1. The summed E-state index contributed by atoms with van der Waals surface area (Å²) in [6.45, 7) is 3.63. The summed E-state index contributed by atoms with van der Waals surface area (Å²) in [7, 11) is 3.23. The molecule has 0 spiro atoms. The van der Waals surface area contributed by atoms with E-state index in [0.29, 0.717) is 23.8 Å². The van der Waals surface area contributed by atoms with Crippen molar-refractivity contribution in [1.82, 2.24) is 9.88 Å². The van der Waals surface area contributed by atoms with Crippen molar-refractivity contribution in [1.29, 1.82) is 0 Å². The molecule has 0 aliphatic carbocycles. The number of hydrogen-bond acceptors (Lipinski definition) is 6. The van der Waals surface area contributed by atoms with Gasteiger partial charge in [-0.1, -0.05) is 0 Å². The van der Waals surface area contributed by atoms with E-state index in [2.05, 4.69) is 4.98 Å². The van der Waals surface area contributed by atoms with Crippen LogP contribution in [0.1, 0.15) is 25.5 Å². The molecule has 0 radical (unpaired) electrons.